The Morgan fingerprint density at radius 2 is 1.47 bits per heavy atom. The molecule has 1 aromatic heterocycles. The fraction of sp³-hybridized carbons (Fsp3) is 0.111. The second-order valence-electron chi connectivity index (χ2n) is 7.46. The fourth-order valence-corrected chi connectivity index (χ4v) is 3.24. The normalized spacial score (nSPS) is 11.6. The van der Waals surface area contributed by atoms with E-state index in [0.29, 0.717) is 0 Å². The van der Waals surface area contributed by atoms with E-state index in [-0.39, 0.29) is 36.0 Å². The Morgan fingerprint density at radius 1 is 0.882 bits per heavy atom. The highest BCUT2D eigenvalue weighted by Crippen LogP contribution is 2.29. The summed E-state index contributed by atoms with van der Waals surface area (Å²) in [4.78, 5) is 25.5. The zero-order valence-electron chi connectivity index (χ0n) is 18.0. The van der Waals surface area contributed by atoms with Crippen molar-refractivity contribution in [2.45, 2.75) is 19.3 Å². The minimum atomic E-state index is -1.49. The molecule has 0 bridgehead atoms. The summed E-state index contributed by atoms with van der Waals surface area (Å²) < 4.78 is 29.9. The van der Waals surface area contributed by atoms with Gasteiger partial charge >= 0.3 is 5.97 Å². The number of aliphatic hydroxyl groups is 1. The molecule has 172 valence electrons. The van der Waals surface area contributed by atoms with E-state index < -0.39 is 23.3 Å². The highest BCUT2D eigenvalue weighted by atomic mass is 19.1. The lowest BCUT2D eigenvalue weighted by Gasteiger charge is -2.16. The van der Waals surface area contributed by atoms with Crippen LogP contribution in [0.5, 0.6) is 5.75 Å². The maximum absolute atomic E-state index is 13.4. The molecule has 0 radical (unpaired) electrons. The smallest absolute Gasteiger partial charge is 0.374 e. The molecule has 34 heavy (non-hydrogen) atoms. The summed E-state index contributed by atoms with van der Waals surface area (Å²) in [5, 5.41) is 10.9. The van der Waals surface area contributed by atoms with Gasteiger partial charge in [0.2, 0.25) is 16.9 Å². The van der Waals surface area contributed by atoms with Gasteiger partial charge in [-0.05, 0) is 28.8 Å². The number of aliphatic hydroxyl groups excluding tert-OH is 1. The van der Waals surface area contributed by atoms with Gasteiger partial charge in [-0.2, -0.15) is 0 Å². The van der Waals surface area contributed by atoms with Crippen molar-refractivity contribution in [3.05, 3.63) is 135 Å². The molecule has 3 aromatic carbocycles. The van der Waals surface area contributed by atoms with Crippen molar-refractivity contribution in [2.24, 2.45) is 0 Å². The molecule has 0 aliphatic carbocycles. The van der Waals surface area contributed by atoms with E-state index in [2.05, 4.69) is 0 Å². The predicted octanol–water partition coefficient (Wildman–Crippen LogP) is 4.80. The van der Waals surface area contributed by atoms with E-state index in [1.807, 2.05) is 36.4 Å². The number of rotatable bonds is 8. The van der Waals surface area contributed by atoms with Crippen LogP contribution in [-0.2, 0) is 18.0 Å². The number of halogens is 1. The molecule has 0 saturated carbocycles. The summed E-state index contributed by atoms with van der Waals surface area (Å²) in [5.74, 6) is -2.27. The molecule has 0 aliphatic rings. The summed E-state index contributed by atoms with van der Waals surface area (Å²) in [6, 6.07) is 24.1. The first-order valence-electron chi connectivity index (χ1n) is 10.5. The van der Waals surface area contributed by atoms with Crippen LogP contribution in [0.4, 0.5) is 4.39 Å². The standard InChI is InChI=1S/C27H21FO6/c28-21-13-11-20(12-14-21)24(30)26-25(32-16-18-7-3-1-4-8-18)22(29)15-23(34-26)27(31)33-17-19-9-5-2-6-10-19/h1-15,24,30H,16-17H2. The molecule has 1 unspecified atom stereocenters. The van der Waals surface area contributed by atoms with Crippen molar-refractivity contribution in [1.82, 2.24) is 0 Å². The topological polar surface area (TPSA) is 86.0 Å². The molecule has 0 spiro atoms. The Morgan fingerprint density at radius 3 is 2.09 bits per heavy atom. The number of esters is 1. The van der Waals surface area contributed by atoms with Gasteiger partial charge in [0.15, 0.2) is 5.76 Å². The summed E-state index contributed by atoms with van der Waals surface area (Å²) in [6.07, 6.45) is -1.49. The second-order valence-corrected chi connectivity index (χ2v) is 7.46. The lowest BCUT2D eigenvalue weighted by Crippen LogP contribution is -2.17. The van der Waals surface area contributed by atoms with Crippen LogP contribution in [0.1, 0.15) is 39.1 Å². The van der Waals surface area contributed by atoms with Crippen molar-refractivity contribution in [3.8, 4) is 5.75 Å². The fourth-order valence-electron chi connectivity index (χ4n) is 3.24. The monoisotopic (exact) mass is 460 g/mol. The Labute approximate surface area is 194 Å². The Bertz CT molecular complexity index is 1300. The first-order chi connectivity index (χ1) is 16.5. The average Bonchev–Trinajstić information content (AvgIpc) is 2.87. The molecular weight excluding hydrogens is 439 g/mol. The Balaban J connectivity index is 1.65. The predicted molar refractivity (Wildman–Crippen MR) is 122 cm³/mol. The average molecular weight is 460 g/mol. The van der Waals surface area contributed by atoms with Crippen molar-refractivity contribution >= 4 is 5.97 Å². The number of hydrogen-bond acceptors (Lipinski definition) is 6. The maximum atomic E-state index is 13.4. The van der Waals surface area contributed by atoms with Crippen LogP contribution in [0.3, 0.4) is 0 Å². The molecule has 1 N–H and O–H groups in total. The molecule has 4 rings (SSSR count). The van der Waals surface area contributed by atoms with Gasteiger partial charge < -0.3 is 19.0 Å². The van der Waals surface area contributed by atoms with Crippen LogP contribution in [0.15, 0.2) is 100 Å². The summed E-state index contributed by atoms with van der Waals surface area (Å²) in [5.41, 5.74) is 1.14. The molecular formula is C27H21FO6. The highest BCUT2D eigenvalue weighted by Gasteiger charge is 2.25. The van der Waals surface area contributed by atoms with E-state index in [4.69, 9.17) is 13.9 Å². The lowest BCUT2D eigenvalue weighted by molar-refractivity contribution is 0.0422. The molecule has 0 aliphatic heterocycles. The number of carbonyl (C=O) groups is 1. The first kappa shape index (κ1) is 22.9. The van der Waals surface area contributed by atoms with Crippen LogP contribution >= 0.6 is 0 Å². The number of carbonyl (C=O) groups excluding carboxylic acids is 1. The molecule has 7 heteroatoms. The van der Waals surface area contributed by atoms with E-state index in [9.17, 15) is 19.1 Å². The Kier molecular flexibility index (Phi) is 7.15. The van der Waals surface area contributed by atoms with Gasteiger partial charge in [0, 0.05) is 6.07 Å². The third-order valence-corrected chi connectivity index (χ3v) is 5.00. The SMILES string of the molecule is O=C(OCc1ccccc1)c1cc(=O)c(OCc2ccccc2)c(C(O)c2ccc(F)cc2)o1. The van der Waals surface area contributed by atoms with Crippen molar-refractivity contribution in [2.75, 3.05) is 0 Å². The van der Waals surface area contributed by atoms with E-state index in [0.717, 1.165) is 17.2 Å². The van der Waals surface area contributed by atoms with Crippen LogP contribution < -0.4 is 10.2 Å². The van der Waals surface area contributed by atoms with Gasteiger partial charge in [0.1, 0.15) is 25.1 Å². The zero-order valence-corrected chi connectivity index (χ0v) is 18.0. The van der Waals surface area contributed by atoms with Crippen molar-refractivity contribution in [1.29, 1.82) is 0 Å². The Hall–Kier alpha value is -4.23. The van der Waals surface area contributed by atoms with Gasteiger partial charge in [0.05, 0.1) is 0 Å². The number of hydrogen-bond donors (Lipinski definition) is 1. The minimum Gasteiger partial charge on any atom is -0.482 e. The molecule has 0 amide bonds. The van der Waals surface area contributed by atoms with Crippen molar-refractivity contribution in [3.63, 3.8) is 0 Å². The largest absolute Gasteiger partial charge is 0.482 e. The molecule has 0 fully saturated rings. The quantitative estimate of drug-likeness (QED) is 0.380. The van der Waals surface area contributed by atoms with Crippen LogP contribution in [-0.4, -0.2) is 11.1 Å². The minimum absolute atomic E-state index is 0.0223. The highest BCUT2D eigenvalue weighted by molar-refractivity contribution is 5.86. The molecule has 1 atom stereocenters. The lowest BCUT2D eigenvalue weighted by atomic mass is 10.1. The van der Waals surface area contributed by atoms with Gasteiger partial charge in [-0.25, -0.2) is 9.18 Å². The maximum Gasteiger partial charge on any atom is 0.374 e. The van der Waals surface area contributed by atoms with E-state index >= 15 is 0 Å². The van der Waals surface area contributed by atoms with Gasteiger partial charge in [0.25, 0.3) is 0 Å². The summed E-state index contributed by atoms with van der Waals surface area (Å²) in [7, 11) is 0. The summed E-state index contributed by atoms with van der Waals surface area (Å²) in [6.45, 7) is 0.0119. The van der Waals surface area contributed by atoms with Crippen LogP contribution in [0.2, 0.25) is 0 Å². The third-order valence-electron chi connectivity index (χ3n) is 5.00. The zero-order chi connectivity index (χ0) is 23.9. The second kappa shape index (κ2) is 10.6. The summed E-state index contributed by atoms with van der Waals surface area (Å²) >= 11 is 0. The molecule has 1 heterocycles. The van der Waals surface area contributed by atoms with Crippen LogP contribution in [0, 0.1) is 5.82 Å². The third kappa shape index (κ3) is 5.57. The van der Waals surface area contributed by atoms with Crippen molar-refractivity contribution < 1.29 is 28.2 Å². The first-order valence-corrected chi connectivity index (χ1v) is 10.5. The number of benzene rings is 3. The van der Waals surface area contributed by atoms with E-state index in [1.54, 1.807) is 24.3 Å². The van der Waals surface area contributed by atoms with Gasteiger partial charge in [-0.3, -0.25) is 4.79 Å². The molecule has 4 aromatic rings. The number of ether oxygens (including phenoxy) is 2. The molecule has 0 saturated heterocycles. The van der Waals surface area contributed by atoms with E-state index in [1.165, 1.54) is 24.3 Å². The molecule has 6 nitrogen and oxygen atoms in total. The van der Waals surface area contributed by atoms with Gasteiger partial charge in [-0.1, -0.05) is 72.8 Å². The van der Waals surface area contributed by atoms with Gasteiger partial charge in [-0.15, -0.1) is 0 Å². The van der Waals surface area contributed by atoms with Crippen LogP contribution in [0.25, 0.3) is 0 Å².